The van der Waals surface area contributed by atoms with Gasteiger partial charge in [0.05, 0.1) is 19.4 Å². The average Bonchev–Trinajstić information content (AvgIpc) is 3.39. The Kier molecular flexibility index (Phi) is 6.33. The van der Waals surface area contributed by atoms with Crippen molar-refractivity contribution >= 4 is 27.3 Å². The molecule has 3 aromatic rings. The van der Waals surface area contributed by atoms with Crippen molar-refractivity contribution in [3.8, 4) is 11.5 Å². The Morgan fingerprint density at radius 3 is 2.78 bits per heavy atom. The monoisotopic (exact) mass is 458 g/mol. The fourth-order valence-corrected chi connectivity index (χ4v) is 5.00. The molecular formula is C22H26N4O5S. The molecule has 1 N–H and O–H groups in total. The van der Waals surface area contributed by atoms with Crippen LogP contribution in [-0.2, 0) is 21.2 Å². The van der Waals surface area contributed by atoms with Crippen LogP contribution in [0.4, 0.5) is 5.69 Å². The number of nitrogens with zero attached hydrogens (tertiary/aromatic N) is 3. The van der Waals surface area contributed by atoms with Crippen molar-refractivity contribution in [2.75, 3.05) is 31.7 Å². The molecule has 0 spiro atoms. The van der Waals surface area contributed by atoms with Gasteiger partial charge in [0.25, 0.3) is 0 Å². The summed E-state index contributed by atoms with van der Waals surface area (Å²) in [4.78, 5) is 18.2. The summed E-state index contributed by atoms with van der Waals surface area (Å²) in [5, 5.41) is 0. The second kappa shape index (κ2) is 9.17. The summed E-state index contributed by atoms with van der Waals surface area (Å²) in [6.07, 6.45) is 5.35. The van der Waals surface area contributed by atoms with Crippen molar-refractivity contribution in [3.63, 3.8) is 0 Å². The minimum Gasteiger partial charge on any atom is -0.495 e. The topological polar surface area (TPSA) is 102 Å². The number of hydrogen-bond donors (Lipinski definition) is 1. The van der Waals surface area contributed by atoms with Crippen LogP contribution >= 0.6 is 0 Å². The zero-order chi connectivity index (χ0) is 22.7. The number of carbonyl (C=O) groups is 1. The van der Waals surface area contributed by atoms with Crippen molar-refractivity contribution in [1.82, 2.24) is 14.1 Å². The molecule has 1 aliphatic rings. The van der Waals surface area contributed by atoms with Gasteiger partial charge >= 0.3 is 0 Å². The number of imidazole rings is 1. The minimum atomic E-state index is -3.86. The molecular weight excluding hydrogens is 432 g/mol. The van der Waals surface area contributed by atoms with Gasteiger partial charge in [0.1, 0.15) is 10.6 Å². The highest BCUT2D eigenvalue weighted by molar-refractivity contribution is 7.89. The van der Waals surface area contributed by atoms with E-state index in [9.17, 15) is 13.2 Å². The molecule has 10 heteroatoms. The number of benzene rings is 1. The second-order valence-corrected chi connectivity index (χ2v) is 9.14. The number of carbonyl (C=O) groups excluding carboxylic acids is 1. The summed E-state index contributed by atoms with van der Waals surface area (Å²) >= 11 is 0. The highest BCUT2D eigenvalue weighted by Crippen LogP contribution is 2.31. The van der Waals surface area contributed by atoms with Crippen molar-refractivity contribution in [3.05, 3.63) is 48.4 Å². The predicted molar refractivity (Wildman–Crippen MR) is 120 cm³/mol. The number of pyridine rings is 1. The molecule has 2 aromatic heterocycles. The Labute approximate surface area is 187 Å². The van der Waals surface area contributed by atoms with Gasteiger partial charge in [-0.15, -0.1) is 0 Å². The van der Waals surface area contributed by atoms with Crippen LogP contribution < -0.4 is 19.1 Å². The van der Waals surface area contributed by atoms with Gasteiger partial charge in [-0.1, -0.05) is 0 Å². The smallest absolute Gasteiger partial charge is 0.244 e. The molecule has 0 atom stereocenters. The maximum atomic E-state index is 13.0. The lowest BCUT2D eigenvalue weighted by molar-refractivity contribution is -0.117. The van der Waals surface area contributed by atoms with Crippen molar-refractivity contribution in [2.45, 2.75) is 31.1 Å². The molecule has 1 fully saturated rings. The van der Waals surface area contributed by atoms with E-state index in [1.54, 1.807) is 17.0 Å². The summed E-state index contributed by atoms with van der Waals surface area (Å²) in [5.41, 5.74) is 1.98. The zero-order valence-electron chi connectivity index (χ0n) is 18.1. The number of anilines is 1. The highest BCUT2D eigenvalue weighted by atomic mass is 32.2. The SMILES string of the molecule is CCOc1cccn2cc(CCNS(=O)(=O)c3cc(N4CCCC4=O)ccc3OC)nc12. The molecule has 0 bridgehead atoms. The van der Waals surface area contributed by atoms with Gasteiger partial charge < -0.3 is 18.8 Å². The van der Waals surface area contributed by atoms with E-state index in [-0.39, 0.29) is 23.1 Å². The number of ether oxygens (including phenoxy) is 2. The van der Waals surface area contributed by atoms with E-state index < -0.39 is 10.0 Å². The Bertz CT molecular complexity index is 1240. The number of sulfonamides is 1. The van der Waals surface area contributed by atoms with E-state index in [0.29, 0.717) is 43.1 Å². The lowest BCUT2D eigenvalue weighted by Gasteiger charge is -2.18. The molecule has 4 rings (SSSR count). The molecule has 1 amide bonds. The molecule has 3 heterocycles. The van der Waals surface area contributed by atoms with Crippen LogP contribution in [0.3, 0.4) is 0 Å². The number of hydrogen-bond acceptors (Lipinski definition) is 6. The number of aromatic nitrogens is 2. The Balaban J connectivity index is 1.50. The molecule has 0 saturated carbocycles. The second-order valence-electron chi connectivity index (χ2n) is 7.40. The van der Waals surface area contributed by atoms with Crippen LogP contribution in [0, 0.1) is 0 Å². The van der Waals surface area contributed by atoms with E-state index >= 15 is 0 Å². The summed E-state index contributed by atoms with van der Waals surface area (Å²) in [5.74, 6) is 0.895. The molecule has 170 valence electrons. The molecule has 0 unspecified atom stereocenters. The molecule has 0 radical (unpaired) electrons. The summed E-state index contributed by atoms with van der Waals surface area (Å²) in [6, 6.07) is 8.49. The van der Waals surface area contributed by atoms with E-state index in [2.05, 4.69) is 9.71 Å². The number of nitrogens with one attached hydrogen (secondary N) is 1. The third-order valence-corrected chi connectivity index (χ3v) is 6.77. The first-order valence-electron chi connectivity index (χ1n) is 10.5. The molecule has 32 heavy (non-hydrogen) atoms. The first kappa shape index (κ1) is 22.1. The average molecular weight is 459 g/mol. The lowest BCUT2D eigenvalue weighted by atomic mass is 10.3. The molecule has 1 aromatic carbocycles. The largest absolute Gasteiger partial charge is 0.495 e. The van der Waals surface area contributed by atoms with Gasteiger partial charge in [-0.05, 0) is 43.7 Å². The van der Waals surface area contributed by atoms with Crippen LogP contribution in [0.5, 0.6) is 11.5 Å². The lowest BCUT2D eigenvalue weighted by Crippen LogP contribution is -2.28. The van der Waals surface area contributed by atoms with Gasteiger partial charge in [0.15, 0.2) is 11.4 Å². The quantitative estimate of drug-likeness (QED) is 0.528. The van der Waals surface area contributed by atoms with Crippen molar-refractivity contribution in [2.24, 2.45) is 0 Å². The normalized spacial score (nSPS) is 14.3. The van der Waals surface area contributed by atoms with Crippen LogP contribution in [0.2, 0.25) is 0 Å². The van der Waals surface area contributed by atoms with E-state index in [1.165, 1.54) is 13.2 Å². The highest BCUT2D eigenvalue weighted by Gasteiger charge is 2.26. The first-order chi connectivity index (χ1) is 15.4. The van der Waals surface area contributed by atoms with E-state index in [1.807, 2.05) is 35.9 Å². The predicted octanol–water partition coefficient (Wildman–Crippen LogP) is 2.39. The fraction of sp³-hybridized carbons (Fsp3) is 0.364. The number of methoxy groups -OCH3 is 1. The summed E-state index contributed by atoms with van der Waals surface area (Å²) in [6.45, 7) is 3.18. The van der Waals surface area contributed by atoms with Gasteiger partial charge in [-0.2, -0.15) is 0 Å². The number of rotatable bonds is 9. The summed E-state index contributed by atoms with van der Waals surface area (Å²) in [7, 11) is -2.44. The Morgan fingerprint density at radius 2 is 2.06 bits per heavy atom. The van der Waals surface area contributed by atoms with Gasteiger partial charge in [-0.25, -0.2) is 18.1 Å². The maximum Gasteiger partial charge on any atom is 0.244 e. The van der Waals surface area contributed by atoms with Gasteiger partial charge in [-0.3, -0.25) is 4.79 Å². The molecule has 1 aliphatic heterocycles. The first-order valence-corrected chi connectivity index (χ1v) is 12.0. The van der Waals surface area contributed by atoms with Gasteiger partial charge in [0.2, 0.25) is 15.9 Å². The Morgan fingerprint density at radius 1 is 1.22 bits per heavy atom. The van der Waals surface area contributed by atoms with Crippen LogP contribution in [0.15, 0.2) is 47.6 Å². The molecule has 0 aliphatic carbocycles. The van der Waals surface area contributed by atoms with Gasteiger partial charge in [0, 0.05) is 44.0 Å². The Hall–Kier alpha value is -3.11. The molecule has 9 nitrogen and oxygen atoms in total. The van der Waals surface area contributed by atoms with Crippen molar-refractivity contribution in [1.29, 1.82) is 0 Å². The standard InChI is InChI=1S/C22H26N4O5S/c1-3-31-19-6-4-12-25-15-16(24-22(19)25)10-11-23-32(28,29)20-14-17(8-9-18(20)30-2)26-13-5-7-21(26)27/h4,6,8-9,12,14-15,23H,3,5,7,10-11,13H2,1-2H3. The number of fused-ring (bicyclic) bond motifs is 1. The van der Waals surface area contributed by atoms with Crippen LogP contribution in [0.25, 0.3) is 5.65 Å². The number of amides is 1. The van der Waals surface area contributed by atoms with Crippen LogP contribution in [-0.4, -0.2) is 50.5 Å². The molecule has 1 saturated heterocycles. The third-order valence-electron chi connectivity index (χ3n) is 5.29. The van der Waals surface area contributed by atoms with Crippen molar-refractivity contribution < 1.29 is 22.7 Å². The van der Waals surface area contributed by atoms with E-state index in [4.69, 9.17) is 9.47 Å². The third kappa shape index (κ3) is 4.42. The minimum absolute atomic E-state index is 0.00540. The zero-order valence-corrected chi connectivity index (χ0v) is 18.9. The van der Waals surface area contributed by atoms with E-state index in [0.717, 1.165) is 12.1 Å². The maximum absolute atomic E-state index is 13.0. The fourth-order valence-electron chi connectivity index (χ4n) is 3.78. The summed E-state index contributed by atoms with van der Waals surface area (Å²) < 4.78 is 41.4. The van der Waals surface area contributed by atoms with Crippen LogP contribution in [0.1, 0.15) is 25.5 Å².